The molecule has 0 unspecified atom stereocenters. The van der Waals surface area contributed by atoms with Gasteiger partial charge in [0.2, 0.25) is 0 Å². The van der Waals surface area contributed by atoms with Gasteiger partial charge in [0, 0.05) is 26.7 Å². The number of H-pyrrole nitrogens is 1. The second-order valence-corrected chi connectivity index (χ2v) is 6.79. The molecule has 0 aliphatic carbocycles. The minimum Gasteiger partial charge on any atom is -0.497 e. The fourth-order valence-electron chi connectivity index (χ4n) is 3.20. The van der Waals surface area contributed by atoms with Gasteiger partial charge in [-0.25, -0.2) is 0 Å². The van der Waals surface area contributed by atoms with Gasteiger partial charge in [-0.3, -0.25) is 4.79 Å². The number of pyridine rings is 1. The topological polar surface area (TPSA) is 42.1 Å². The van der Waals surface area contributed by atoms with Crippen LogP contribution in [0, 0.1) is 0 Å². The summed E-state index contributed by atoms with van der Waals surface area (Å²) >= 11 is 1.59. The first-order valence-electron chi connectivity index (χ1n) is 7.93. The summed E-state index contributed by atoms with van der Waals surface area (Å²) in [5.41, 5.74) is 3.13. The van der Waals surface area contributed by atoms with Crippen LogP contribution in [0.4, 0.5) is 0 Å². The number of rotatable bonds is 3. The SMILES string of the molecule is CCc1sc2c(=O)[nH]c3ccc(OC)cc3c2c1-c1ccccc1. The quantitative estimate of drug-likeness (QED) is 0.574. The molecule has 4 aromatic rings. The van der Waals surface area contributed by atoms with Crippen LogP contribution in [-0.2, 0) is 6.42 Å². The molecule has 1 N–H and O–H groups in total. The third-order valence-corrected chi connectivity index (χ3v) is 5.65. The third kappa shape index (κ3) is 2.22. The van der Waals surface area contributed by atoms with Crippen molar-refractivity contribution in [1.29, 1.82) is 0 Å². The molecule has 0 spiro atoms. The fourth-order valence-corrected chi connectivity index (χ4v) is 4.37. The predicted octanol–water partition coefficient (Wildman–Crippen LogP) is 4.98. The molecule has 0 amide bonds. The summed E-state index contributed by atoms with van der Waals surface area (Å²) in [4.78, 5) is 16.8. The number of hydrogen-bond donors (Lipinski definition) is 1. The van der Waals surface area contributed by atoms with Crippen molar-refractivity contribution >= 4 is 32.3 Å². The number of aromatic amines is 1. The first-order valence-corrected chi connectivity index (χ1v) is 8.75. The molecule has 0 fully saturated rings. The molecule has 0 bridgehead atoms. The molecule has 0 saturated carbocycles. The monoisotopic (exact) mass is 335 g/mol. The van der Waals surface area contributed by atoms with Gasteiger partial charge in [-0.1, -0.05) is 37.3 Å². The highest BCUT2D eigenvalue weighted by molar-refractivity contribution is 7.19. The first-order chi connectivity index (χ1) is 11.7. The Balaban J connectivity index is 2.23. The average molecular weight is 335 g/mol. The number of nitrogens with one attached hydrogen (secondary N) is 1. The summed E-state index contributed by atoms with van der Waals surface area (Å²) in [5.74, 6) is 0.791. The predicted molar refractivity (Wildman–Crippen MR) is 101 cm³/mol. The fraction of sp³-hybridized carbons (Fsp3) is 0.150. The maximum absolute atomic E-state index is 12.6. The summed E-state index contributed by atoms with van der Waals surface area (Å²) in [7, 11) is 1.66. The summed E-state index contributed by atoms with van der Waals surface area (Å²) in [6.07, 6.45) is 0.897. The zero-order chi connectivity index (χ0) is 16.7. The van der Waals surface area contributed by atoms with Gasteiger partial charge in [0.1, 0.15) is 10.4 Å². The van der Waals surface area contributed by atoms with E-state index in [1.807, 2.05) is 36.4 Å². The van der Waals surface area contributed by atoms with Gasteiger partial charge in [0.15, 0.2) is 0 Å². The highest BCUT2D eigenvalue weighted by Crippen LogP contribution is 2.41. The van der Waals surface area contributed by atoms with E-state index in [9.17, 15) is 4.79 Å². The second kappa shape index (κ2) is 5.80. The lowest BCUT2D eigenvalue weighted by Gasteiger charge is -2.07. The number of fused-ring (bicyclic) bond motifs is 3. The Morgan fingerprint density at radius 3 is 2.62 bits per heavy atom. The van der Waals surface area contributed by atoms with Crippen LogP contribution in [0.15, 0.2) is 53.3 Å². The summed E-state index contributed by atoms with van der Waals surface area (Å²) < 4.78 is 6.18. The zero-order valence-corrected chi connectivity index (χ0v) is 14.4. The van der Waals surface area contributed by atoms with Crippen LogP contribution in [0.3, 0.4) is 0 Å². The molecule has 0 saturated heterocycles. The minimum atomic E-state index is -0.0236. The van der Waals surface area contributed by atoms with Crippen LogP contribution in [-0.4, -0.2) is 12.1 Å². The maximum atomic E-state index is 12.6. The number of ether oxygens (including phenoxy) is 1. The van der Waals surface area contributed by atoms with Crippen LogP contribution >= 0.6 is 11.3 Å². The molecule has 120 valence electrons. The van der Waals surface area contributed by atoms with E-state index in [0.29, 0.717) is 0 Å². The summed E-state index contributed by atoms with van der Waals surface area (Å²) in [5, 5.41) is 2.06. The van der Waals surface area contributed by atoms with Gasteiger partial charge in [-0.2, -0.15) is 0 Å². The van der Waals surface area contributed by atoms with Crippen LogP contribution in [0.5, 0.6) is 5.75 Å². The van der Waals surface area contributed by atoms with Crippen molar-refractivity contribution in [3.8, 4) is 16.9 Å². The van der Waals surface area contributed by atoms with Gasteiger partial charge in [-0.15, -0.1) is 11.3 Å². The molecule has 24 heavy (non-hydrogen) atoms. The van der Waals surface area contributed by atoms with Crippen molar-refractivity contribution in [2.45, 2.75) is 13.3 Å². The van der Waals surface area contributed by atoms with E-state index in [2.05, 4.69) is 24.0 Å². The van der Waals surface area contributed by atoms with Crippen LogP contribution in [0.25, 0.3) is 32.1 Å². The Morgan fingerprint density at radius 1 is 1.12 bits per heavy atom. The van der Waals surface area contributed by atoms with Gasteiger partial charge in [-0.05, 0) is 30.2 Å². The molecular weight excluding hydrogens is 318 g/mol. The third-order valence-electron chi connectivity index (χ3n) is 4.32. The standard InChI is InChI=1S/C20H17NO2S/c1-3-16-17(12-7-5-4-6-8-12)18-14-11-13(23-2)9-10-15(14)21-20(22)19(18)24-16/h4-11H,3H2,1-2H3,(H,21,22). The van der Waals surface area contributed by atoms with Crippen molar-refractivity contribution in [3.05, 3.63) is 63.8 Å². The molecule has 4 heteroatoms. The van der Waals surface area contributed by atoms with Gasteiger partial charge in [0.05, 0.1) is 7.11 Å². The van der Waals surface area contributed by atoms with E-state index in [1.165, 1.54) is 10.4 Å². The van der Waals surface area contributed by atoms with Crippen molar-refractivity contribution in [3.63, 3.8) is 0 Å². The van der Waals surface area contributed by atoms with E-state index >= 15 is 0 Å². The normalized spacial score (nSPS) is 11.2. The smallest absolute Gasteiger partial charge is 0.266 e. The van der Waals surface area contributed by atoms with Crippen molar-refractivity contribution in [1.82, 2.24) is 4.98 Å². The molecule has 3 nitrogen and oxygen atoms in total. The van der Waals surface area contributed by atoms with Crippen LogP contribution in [0.2, 0.25) is 0 Å². The Labute approximate surface area is 143 Å². The molecule has 2 aromatic carbocycles. The van der Waals surface area contributed by atoms with E-state index < -0.39 is 0 Å². The van der Waals surface area contributed by atoms with Gasteiger partial charge in [0.25, 0.3) is 5.56 Å². The maximum Gasteiger partial charge on any atom is 0.266 e. The van der Waals surface area contributed by atoms with Gasteiger partial charge >= 0.3 is 0 Å². The molecule has 0 radical (unpaired) electrons. The number of methoxy groups -OCH3 is 1. The largest absolute Gasteiger partial charge is 0.497 e. The summed E-state index contributed by atoms with van der Waals surface area (Å²) in [6, 6.07) is 16.1. The first kappa shape index (κ1) is 15.0. The molecule has 2 heterocycles. The van der Waals surface area contributed by atoms with Gasteiger partial charge < -0.3 is 9.72 Å². The summed E-state index contributed by atoms with van der Waals surface area (Å²) in [6.45, 7) is 2.13. The number of benzene rings is 2. The lowest BCUT2D eigenvalue weighted by atomic mass is 9.98. The lowest BCUT2D eigenvalue weighted by molar-refractivity contribution is 0.415. The Morgan fingerprint density at radius 2 is 1.92 bits per heavy atom. The Bertz CT molecular complexity index is 1090. The molecule has 0 atom stereocenters. The number of aryl methyl sites for hydroxylation is 1. The van der Waals surface area contributed by atoms with E-state index in [0.717, 1.165) is 38.7 Å². The molecule has 0 aliphatic rings. The second-order valence-electron chi connectivity index (χ2n) is 5.69. The van der Waals surface area contributed by atoms with E-state index in [4.69, 9.17) is 4.74 Å². The van der Waals surface area contributed by atoms with E-state index in [1.54, 1.807) is 18.4 Å². The number of aromatic nitrogens is 1. The number of hydrogen-bond acceptors (Lipinski definition) is 3. The minimum absolute atomic E-state index is 0.0236. The van der Waals surface area contributed by atoms with Crippen LogP contribution < -0.4 is 10.3 Å². The van der Waals surface area contributed by atoms with Crippen molar-refractivity contribution < 1.29 is 4.74 Å². The lowest BCUT2D eigenvalue weighted by Crippen LogP contribution is -2.04. The highest BCUT2D eigenvalue weighted by Gasteiger charge is 2.18. The van der Waals surface area contributed by atoms with Crippen LogP contribution in [0.1, 0.15) is 11.8 Å². The molecule has 4 rings (SSSR count). The average Bonchev–Trinajstić information content (AvgIpc) is 3.03. The van der Waals surface area contributed by atoms with Crippen molar-refractivity contribution in [2.24, 2.45) is 0 Å². The molecular formula is C20H17NO2S. The highest BCUT2D eigenvalue weighted by atomic mass is 32.1. The number of thiophene rings is 1. The van der Waals surface area contributed by atoms with Crippen molar-refractivity contribution in [2.75, 3.05) is 7.11 Å². The van der Waals surface area contributed by atoms with E-state index in [-0.39, 0.29) is 5.56 Å². The Hall–Kier alpha value is -2.59. The Kier molecular flexibility index (Phi) is 3.62. The zero-order valence-electron chi connectivity index (χ0n) is 13.6. The molecule has 2 aromatic heterocycles. The molecule has 0 aliphatic heterocycles.